The van der Waals surface area contributed by atoms with Crippen molar-refractivity contribution in [3.63, 3.8) is 0 Å². The fourth-order valence-corrected chi connectivity index (χ4v) is 2.73. The quantitative estimate of drug-likeness (QED) is 0.553. The van der Waals surface area contributed by atoms with Crippen LogP contribution in [-0.4, -0.2) is 20.7 Å². The molecule has 0 fully saturated rings. The number of para-hydroxylation sites is 1. The van der Waals surface area contributed by atoms with Crippen LogP contribution in [0.5, 0.6) is 0 Å². The first kappa shape index (κ1) is 16.7. The summed E-state index contributed by atoms with van der Waals surface area (Å²) in [6.07, 6.45) is 4.24. The van der Waals surface area contributed by atoms with E-state index in [2.05, 4.69) is 15.4 Å². The number of anilines is 1. The molecular weight excluding hydrogens is 344 g/mol. The van der Waals surface area contributed by atoms with E-state index in [-0.39, 0.29) is 5.56 Å². The molecule has 1 aromatic carbocycles. The van der Waals surface area contributed by atoms with E-state index in [0.717, 1.165) is 12.1 Å². The molecule has 1 N–H and O–H groups in total. The van der Waals surface area contributed by atoms with Gasteiger partial charge in [-0.15, -0.1) is 0 Å². The van der Waals surface area contributed by atoms with Crippen LogP contribution in [0, 0.1) is 0 Å². The number of carbonyl (C=O) groups excluding carboxylic acids is 1. The summed E-state index contributed by atoms with van der Waals surface area (Å²) in [6.45, 7) is 0.630. The molecule has 3 heterocycles. The first-order chi connectivity index (χ1) is 13.2. The van der Waals surface area contributed by atoms with Crippen LogP contribution in [0.25, 0.3) is 11.0 Å². The third kappa shape index (κ3) is 3.77. The zero-order chi connectivity index (χ0) is 18.6. The second-order valence-corrected chi connectivity index (χ2v) is 5.97. The Balaban J connectivity index is 1.46. The summed E-state index contributed by atoms with van der Waals surface area (Å²) in [4.78, 5) is 28.8. The van der Waals surface area contributed by atoms with Gasteiger partial charge >= 0.3 is 5.63 Å². The van der Waals surface area contributed by atoms with Gasteiger partial charge in [0.2, 0.25) is 0 Å². The highest BCUT2D eigenvalue weighted by Crippen LogP contribution is 2.13. The predicted octanol–water partition coefficient (Wildman–Crippen LogP) is 2.88. The average molecular weight is 360 g/mol. The van der Waals surface area contributed by atoms with Crippen molar-refractivity contribution in [1.29, 1.82) is 0 Å². The maximum Gasteiger partial charge on any atom is 0.349 e. The van der Waals surface area contributed by atoms with Crippen molar-refractivity contribution < 1.29 is 9.21 Å². The SMILES string of the molecule is O=C(Nc1ccn(CCc2ccccn2)n1)c1cc2ccccc2oc1=O. The third-order valence-corrected chi connectivity index (χ3v) is 4.09. The van der Waals surface area contributed by atoms with Crippen molar-refractivity contribution in [2.24, 2.45) is 0 Å². The number of aromatic nitrogens is 3. The number of amides is 1. The Bertz CT molecular complexity index is 1150. The lowest BCUT2D eigenvalue weighted by molar-refractivity contribution is 0.102. The largest absolute Gasteiger partial charge is 0.422 e. The van der Waals surface area contributed by atoms with Gasteiger partial charge in [-0.05, 0) is 24.3 Å². The van der Waals surface area contributed by atoms with Gasteiger partial charge in [0.1, 0.15) is 11.1 Å². The molecule has 7 nitrogen and oxygen atoms in total. The number of carbonyl (C=O) groups is 1. The molecule has 4 rings (SSSR count). The zero-order valence-electron chi connectivity index (χ0n) is 14.3. The van der Waals surface area contributed by atoms with Gasteiger partial charge in [0.15, 0.2) is 5.82 Å². The fraction of sp³-hybridized carbons (Fsp3) is 0.100. The molecule has 134 valence electrons. The Hall–Kier alpha value is -3.74. The number of nitrogens with one attached hydrogen (secondary N) is 1. The van der Waals surface area contributed by atoms with Crippen molar-refractivity contribution in [3.8, 4) is 0 Å². The van der Waals surface area contributed by atoms with Crippen LogP contribution >= 0.6 is 0 Å². The van der Waals surface area contributed by atoms with Crippen LogP contribution in [0.2, 0.25) is 0 Å². The second-order valence-electron chi connectivity index (χ2n) is 5.97. The van der Waals surface area contributed by atoms with Crippen LogP contribution in [0.15, 0.2) is 76.2 Å². The summed E-state index contributed by atoms with van der Waals surface area (Å²) in [5, 5.41) is 7.63. The number of benzene rings is 1. The molecule has 0 saturated heterocycles. The molecule has 0 radical (unpaired) electrons. The highest BCUT2D eigenvalue weighted by molar-refractivity contribution is 6.04. The van der Waals surface area contributed by atoms with Gasteiger partial charge in [0, 0.05) is 42.5 Å². The summed E-state index contributed by atoms with van der Waals surface area (Å²) in [5.74, 6) is -0.182. The number of rotatable bonds is 5. The van der Waals surface area contributed by atoms with Crippen LogP contribution < -0.4 is 10.9 Å². The van der Waals surface area contributed by atoms with E-state index in [4.69, 9.17) is 4.42 Å². The summed E-state index contributed by atoms with van der Waals surface area (Å²) in [7, 11) is 0. The highest BCUT2D eigenvalue weighted by atomic mass is 16.4. The molecule has 0 aliphatic heterocycles. The van der Waals surface area contributed by atoms with Gasteiger partial charge in [-0.1, -0.05) is 24.3 Å². The van der Waals surface area contributed by atoms with Gasteiger partial charge < -0.3 is 9.73 Å². The minimum atomic E-state index is -0.680. The fourth-order valence-electron chi connectivity index (χ4n) is 2.73. The summed E-state index contributed by atoms with van der Waals surface area (Å²) >= 11 is 0. The second kappa shape index (κ2) is 7.25. The molecule has 0 bridgehead atoms. The van der Waals surface area contributed by atoms with Crippen LogP contribution in [-0.2, 0) is 13.0 Å². The first-order valence-electron chi connectivity index (χ1n) is 8.47. The van der Waals surface area contributed by atoms with E-state index < -0.39 is 11.5 Å². The lowest BCUT2D eigenvalue weighted by Crippen LogP contribution is -2.21. The Kier molecular flexibility index (Phi) is 4.49. The average Bonchev–Trinajstić information content (AvgIpc) is 3.14. The summed E-state index contributed by atoms with van der Waals surface area (Å²) < 4.78 is 6.91. The Morgan fingerprint density at radius 1 is 1.11 bits per heavy atom. The number of pyridine rings is 1. The van der Waals surface area contributed by atoms with Gasteiger partial charge in [-0.2, -0.15) is 5.10 Å². The minimum absolute atomic E-state index is 0.0586. The number of hydrogen-bond donors (Lipinski definition) is 1. The van der Waals surface area contributed by atoms with Crippen molar-refractivity contribution in [3.05, 3.63) is 88.7 Å². The Labute approximate surface area is 154 Å². The number of hydrogen-bond acceptors (Lipinski definition) is 5. The number of fused-ring (bicyclic) bond motifs is 1. The topological polar surface area (TPSA) is 90.0 Å². The maximum atomic E-state index is 12.4. The smallest absolute Gasteiger partial charge is 0.349 e. The lowest BCUT2D eigenvalue weighted by atomic mass is 10.2. The summed E-state index contributed by atoms with van der Waals surface area (Å²) in [5.41, 5.74) is 0.669. The van der Waals surface area contributed by atoms with Crippen LogP contribution in [0.1, 0.15) is 16.1 Å². The van der Waals surface area contributed by atoms with E-state index in [9.17, 15) is 9.59 Å². The van der Waals surface area contributed by atoms with Gasteiger partial charge in [0.25, 0.3) is 5.91 Å². The van der Waals surface area contributed by atoms with Crippen molar-refractivity contribution >= 4 is 22.7 Å². The standard InChI is InChI=1S/C20H16N4O3/c25-19(16-13-14-5-1-2-7-17(14)27-20(16)26)22-18-9-12-24(23-18)11-8-15-6-3-4-10-21-15/h1-7,9-10,12-13H,8,11H2,(H,22,23,25). The zero-order valence-corrected chi connectivity index (χ0v) is 14.3. The van der Waals surface area contributed by atoms with Gasteiger partial charge in [0.05, 0.1) is 0 Å². The van der Waals surface area contributed by atoms with E-state index >= 15 is 0 Å². The lowest BCUT2D eigenvalue weighted by Gasteiger charge is -2.03. The molecule has 0 unspecified atom stereocenters. The van der Waals surface area contributed by atoms with Crippen molar-refractivity contribution in [1.82, 2.24) is 14.8 Å². The summed E-state index contributed by atoms with van der Waals surface area (Å²) in [6, 6.07) is 16.0. The van der Waals surface area contributed by atoms with Crippen LogP contribution in [0.4, 0.5) is 5.82 Å². The monoisotopic (exact) mass is 360 g/mol. The van der Waals surface area contributed by atoms with E-state index in [1.807, 2.05) is 24.3 Å². The molecule has 0 atom stereocenters. The normalized spacial score (nSPS) is 10.8. The molecular formula is C20H16N4O3. The Morgan fingerprint density at radius 2 is 1.96 bits per heavy atom. The van der Waals surface area contributed by atoms with Crippen LogP contribution in [0.3, 0.4) is 0 Å². The minimum Gasteiger partial charge on any atom is -0.422 e. The first-order valence-corrected chi connectivity index (χ1v) is 8.47. The Morgan fingerprint density at radius 3 is 2.81 bits per heavy atom. The number of nitrogens with zero attached hydrogens (tertiary/aromatic N) is 3. The molecule has 4 aromatic rings. The highest BCUT2D eigenvalue weighted by Gasteiger charge is 2.15. The van der Waals surface area contributed by atoms with E-state index in [0.29, 0.717) is 23.3 Å². The molecule has 0 aliphatic rings. The van der Waals surface area contributed by atoms with Gasteiger partial charge in [-0.25, -0.2) is 4.79 Å². The molecule has 0 aliphatic carbocycles. The molecule has 27 heavy (non-hydrogen) atoms. The molecule has 1 amide bonds. The van der Waals surface area contributed by atoms with E-state index in [1.165, 1.54) is 6.07 Å². The molecule has 3 aromatic heterocycles. The van der Waals surface area contributed by atoms with Crippen molar-refractivity contribution in [2.45, 2.75) is 13.0 Å². The molecule has 0 spiro atoms. The van der Waals surface area contributed by atoms with Crippen molar-refractivity contribution in [2.75, 3.05) is 5.32 Å². The molecule has 7 heteroatoms. The molecule has 0 saturated carbocycles. The number of aryl methyl sites for hydroxylation is 2. The van der Waals surface area contributed by atoms with Gasteiger partial charge in [-0.3, -0.25) is 14.5 Å². The third-order valence-electron chi connectivity index (χ3n) is 4.09. The predicted molar refractivity (Wildman–Crippen MR) is 101 cm³/mol. The van der Waals surface area contributed by atoms with E-state index in [1.54, 1.807) is 41.3 Å². The maximum absolute atomic E-state index is 12.4.